The second kappa shape index (κ2) is 5.23. The molecular formula is C19H29NO. The fraction of sp³-hybridized carbons (Fsp3) is 0.684. The van der Waals surface area contributed by atoms with Crippen molar-refractivity contribution in [3.05, 3.63) is 24.3 Å². The number of hydrogen-bond donors (Lipinski definition) is 1. The average molecular weight is 287 g/mol. The first kappa shape index (κ1) is 14.7. The van der Waals surface area contributed by atoms with Crippen LogP contribution < -0.4 is 10.1 Å². The van der Waals surface area contributed by atoms with Crippen LogP contribution in [0.25, 0.3) is 0 Å². The summed E-state index contributed by atoms with van der Waals surface area (Å²) in [6.45, 7) is 10.3. The van der Waals surface area contributed by atoms with Gasteiger partial charge in [0.25, 0.3) is 0 Å². The van der Waals surface area contributed by atoms with E-state index in [9.17, 15) is 0 Å². The van der Waals surface area contributed by atoms with E-state index in [4.69, 9.17) is 4.74 Å². The Labute approximate surface area is 129 Å². The molecule has 2 aliphatic rings. The number of anilines is 1. The van der Waals surface area contributed by atoms with Crippen LogP contribution >= 0.6 is 0 Å². The predicted octanol–water partition coefficient (Wildman–Crippen LogP) is 5.10. The maximum Gasteiger partial charge on any atom is 0.119 e. The zero-order valence-corrected chi connectivity index (χ0v) is 13.9. The summed E-state index contributed by atoms with van der Waals surface area (Å²) in [7, 11) is 0. The zero-order valence-electron chi connectivity index (χ0n) is 13.9. The van der Waals surface area contributed by atoms with E-state index in [-0.39, 0.29) is 0 Å². The monoisotopic (exact) mass is 287 g/mol. The van der Waals surface area contributed by atoms with Gasteiger partial charge in [0.05, 0.1) is 6.61 Å². The molecule has 116 valence electrons. The highest BCUT2D eigenvalue weighted by atomic mass is 16.5. The number of hydrogen-bond acceptors (Lipinski definition) is 2. The Morgan fingerprint density at radius 1 is 1.19 bits per heavy atom. The zero-order chi connectivity index (χ0) is 15.1. The smallest absolute Gasteiger partial charge is 0.119 e. The third-order valence-corrected chi connectivity index (χ3v) is 5.91. The first-order chi connectivity index (χ1) is 9.95. The lowest BCUT2D eigenvalue weighted by Crippen LogP contribution is -2.45. The van der Waals surface area contributed by atoms with Gasteiger partial charge < -0.3 is 10.1 Å². The highest BCUT2D eigenvalue weighted by Crippen LogP contribution is 2.63. The van der Waals surface area contributed by atoms with Crippen LogP contribution in [0.5, 0.6) is 5.75 Å². The Bertz CT molecular complexity index is 488. The summed E-state index contributed by atoms with van der Waals surface area (Å²) in [6.07, 6.45) is 5.22. The lowest BCUT2D eigenvalue weighted by atomic mass is 9.68. The quantitative estimate of drug-likeness (QED) is 0.813. The Morgan fingerprint density at radius 2 is 1.90 bits per heavy atom. The molecule has 0 aromatic heterocycles. The Kier molecular flexibility index (Phi) is 3.67. The van der Waals surface area contributed by atoms with Crippen molar-refractivity contribution in [2.75, 3.05) is 11.9 Å². The molecule has 2 fully saturated rings. The molecule has 0 saturated heterocycles. The second-order valence-corrected chi connectivity index (χ2v) is 7.87. The van der Waals surface area contributed by atoms with E-state index in [1.165, 1.54) is 24.9 Å². The van der Waals surface area contributed by atoms with Crippen molar-refractivity contribution in [1.82, 2.24) is 0 Å². The van der Waals surface area contributed by atoms with E-state index in [0.29, 0.717) is 16.9 Å². The number of ether oxygens (including phenoxy) is 1. The summed E-state index contributed by atoms with van der Waals surface area (Å²) in [5, 5.41) is 3.83. The summed E-state index contributed by atoms with van der Waals surface area (Å²) in [4.78, 5) is 0. The van der Waals surface area contributed by atoms with Crippen molar-refractivity contribution in [2.45, 2.75) is 59.4 Å². The van der Waals surface area contributed by atoms with Gasteiger partial charge in [0.15, 0.2) is 0 Å². The van der Waals surface area contributed by atoms with Gasteiger partial charge in [-0.2, -0.15) is 0 Å². The maximum atomic E-state index is 5.66. The molecule has 0 amide bonds. The van der Waals surface area contributed by atoms with Crippen LogP contribution in [0.2, 0.25) is 0 Å². The van der Waals surface area contributed by atoms with Gasteiger partial charge in [-0.05, 0) is 66.7 Å². The standard InChI is InChI=1S/C19H29NO/c1-5-12-21-16-8-6-15(7-9-16)20-17-18(2,3)14-10-11-19(17,4)13-14/h6-9,14,17,20H,5,10-13H2,1-4H3. The van der Waals surface area contributed by atoms with Crippen molar-refractivity contribution in [2.24, 2.45) is 16.7 Å². The van der Waals surface area contributed by atoms with E-state index in [2.05, 4.69) is 57.3 Å². The van der Waals surface area contributed by atoms with Crippen LogP contribution in [0.1, 0.15) is 53.4 Å². The fourth-order valence-corrected chi connectivity index (χ4v) is 4.70. The third kappa shape index (κ3) is 2.54. The van der Waals surface area contributed by atoms with Gasteiger partial charge in [-0.1, -0.05) is 27.7 Å². The SMILES string of the molecule is CCCOc1ccc(NC2C3(C)CCC(C3)C2(C)C)cc1. The summed E-state index contributed by atoms with van der Waals surface area (Å²) in [5.74, 6) is 1.85. The molecule has 21 heavy (non-hydrogen) atoms. The minimum absolute atomic E-state index is 0.393. The Morgan fingerprint density at radius 3 is 2.48 bits per heavy atom. The molecule has 1 N–H and O–H groups in total. The molecule has 0 heterocycles. The van der Waals surface area contributed by atoms with E-state index in [1.54, 1.807) is 0 Å². The van der Waals surface area contributed by atoms with Crippen LogP contribution in [-0.4, -0.2) is 12.6 Å². The fourth-order valence-electron chi connectivity index (χ4n) is 4.70. The van der Waals surface area contributed by atoms with Gasteiger partial charge in [-0.3, -0.25) is 0 Å². The molecule has 3 rings (SSSR count). The van der Waals surface area contributed by atoms with E-state index < -0.39 is 0 Å². The highest BCUT2D eigenvalue weighted by molar-refractivity contribution is 5.48. The minimum atomic E-state index is 0.393. The minimum Gasteiger partial charge on any atom is -0.494 e. The van der Waals surface area contributed by atoms with Gasteiger partial charge in [0, 0.05) is 11.7 Å². The number of fused-ring (bicyclic) bond motifs is 2. The van der Waals surface area contributed by atoms with Crippen molar-refractivity contribution < 1.29 is 4.74 Å². The van der Waals surface area contributed by atoms with Crippen molar-refractivity contribution in [3.63, 3.8) is 0 Å². The number of rotatable bonds is 5. The van der Waals surface area contributed by atoms with Crippen molar-refractivity contribution in [1.29, 1.82) is 0 Å². The Hall–Kier alpha value is -1.18. The third-order valence-electron chi connectivity index (χ3n) is 5.91. The molecule has 2 nitrogen and oxygen atoms in total. The van der Waals surface area contributed by atoms with Crippen LogP contribution in [0, 0.1) is 16.7 Å². The van der Waals surface area contributed by atoms with E-state index >= 15 is 0 Å². The molecule has 2 saturated carbocycles. The van der Waals surface area contributed by atoms with E-state index in [0.717, 1.165) is 24.7 Å². The normalized spacial score (nSPS) is 33.1. The largest absolute Gasteiger partial charge is 0.494 e. The Balaban J connectivity index is 1.71. The van der Waals surface area contributed by atoms with Gasteiger partial charge in [-0.15, -0.1) is 0 Å². The van der Waals surface area contributed by atoms with Crippen LogP contribution in [0.3, 0.4) is 0 Å². The first-order valence-electron chi connectivity index (χ1n) is 8.45. The average Bonchev–Trinajstić information content (AvgIpc) is 2.94. The molecule has 2 heteroatoms. The molecular weight excluding hydrogens is 258 g/mol. The molecule has 3 atom stereocenters. The van der Waals surface area contributed by atoms with Crippen molar-refractivity contribution in [3.8, 4) is 5.75 Å². The number of nitrogens with one attached hydrogen (secondary N) is 1. The summed E-state index contributed by atoms with van der Waals surface area (Å²) >= 11 is 0. The van der Waals surface area contributed by atoms with Gasteiger partial charge in [0.2, 0.25) is 0 Å². The maximum absolute atomic E-state index is 5.66. The molecule has 2 bridgehead atoms. The molecule has 2 aliphatic carbocycles. The van der Waals surface area contributed by atoms with Crippen LogP contribution in [0.4, 0.5) is 5.69 Å². The topological polar surface area (TPSA) is 21.3 Å². The summed E-state index contributed by atoms with van der Waals surface area (Å²) in [6, 6.07) is 9.07. The first-order valence-corrected chi connectivity index (χ1v) is 8.45. The van der Waals surface area contributed by atoms with Gasteiger partial charge in [0.1, 0.15) is 5.75 Å². The number of benzene rings is 1. The molecule has 1 aromatic carbocycles. The van der Waals surface area contributed by atoms with Gasteiger partial charge in [-0.25, -0.2) is 0 Å². The van der Waals surface area contributed by atoms with E-state index in [1.807, 2.05) is 0 Å². The molecule has 0 radical (unpaired) electrons. The molecule has 1 aromatic rings. The van der Waals surface area contributed by atoms with Crippen molar-refractivity contribution >= 4 is 5.69 Å². The lowest BCUT2D eigenvalue weighted by molar-refractivity contribution is 0.155. The molecule has 0 spiro atoms. The molecule has 0 aliphatic heterocycles. The summed E-state index contributed by atoms with van der Waals surface area (Å²) in [5.41, 5.74) is 2.08. The highest BCUT2D eigenvalue weighted by Gasteiger charge is 2.59. The van der Waals surface area contributed by atoms with Crippen LogP contribution in [0.15, 0.2) is 24.3 Å². The van der Waals surface area contributed by atoms with Crippen LogP contribution in [-0.2, 0) is 0 Å². The second-order valence-electron chi connectivity index (χ2n) is 7.87. The lowest BCUT2D eigenvalue weighted by Gasteiger charge is -2.43. The molecule has 3 unspecified atom stereocenters. The summed E-state index contributed by atoms with van der Waals surface area (Å²) < 4.78 is 5.66. The predicted molar refractivity (Wildman–Crippen MR) is 88.9 cm³/mol. The van der Waals surface area contributed by atoms with Gasteiger partial charge >= 0.3 is 0 Å².